The lowest BCUT2D eigenvalue weighted by atomic mass is 10.1. The van der Waals surface area contributed by atoms with Gasteiger partial charge in [0.1, 0.15) is 17.9 Å². The number of carbonyl (C=O) groups is 1. The predicted molar refractivity (Wildman–Crippen MR) is 132 cm³/mol. The van der Waals surface area contributed by atoms with Crippen molar-refractivity contribution in [1.82, 2.24) is 14.9 Å². The molecule has 3 aromatic rings. The molecule has 1 atom stereocenters. The van der Waals surface area contributed by atoms with Gasteiger partial charge in [-0.05, 0) is 44.8 Å². The molecule has 33 heavy (non-hydrogen) atoms. The quantitative estimate of drug-likeness (QED) is 0.387. The third-order valence-electron chi connectivity index (χ3n) is 4.80. The molecule has 0 saturated carbocycles. The third-order valence-corrected chi connectivity index (χ3v) is 5.05. The Bertz CT molecular complexity index is 1120. The number of halogens is 1. The molecule has 174 valence electrons. The molecule has 0 bridgehead atoms. The van der Waals surface area contributed by atoms with Crippen molar-refractivity contribution in [3.05, 3.63) is 65.5 Å². The highest BCUT2D eigenvalue weighted by Crippen LogP contribution is 2.33. The van der Waals surface area contributed by atoms with Gasteiger partial charge in [-0.1, -0.05) is 29.8 Å². The summed E-state index contributed by atoms with van der Waals surface area (Å²) >= 11 is 5.99. The standard InChI is InChI=1S/C24H28ClN5O3/c1-4-33-22-13-19-18(12-20(22)28-23(32)6-5-11-30(2)3)24(27-15-26-19)29-21(14-31)16-7-9-17(25)10-8-16/h5-10,12-13,15,21,31H,4,11,14H2,1-3H3,(H,28,32)(H,26,27,29). The van der Waals surface area contributed by atoms with Crippen molar-refractivity contribution >= 4 is 39.9 Å². The number of aromatic nitrogens is 2. The SMILES string of the molecule is CCOc1cc2ncnc(NC(CO)c3ccc(Cl)cc3)c2cc1NC(=O)C=CCN(C)C. The van der Waals surface area contributed by atoms with Gasteiger partial charge < -0.3 is 25.4 Å². The third kappa shape index (κ3) is 6.64. The van der Waals surface area contributed by atoms with Crippen LogP contribution in [0.1, 0.15) is 18.5 Å². The van der Waals surface area contributed by atoms with E-state index in [-0.39, 0.29) is 12.5 Å². The maximum atomic E-state index is 12.4. The fourth-order valence-electron chi connectivity index (χ4n) is 3.21. The van der Waals surface area contributed by atoms with E-state index in [2.05, 4.69) is 20.6 Å². The van der Waals surface area contributed by atoms with E-state index >= 15 is 0 Å². The molecule has 9 heteroatoms. The van der Waals surface area contributed by atoms with Crippen LogP contribution in [0.2, 0.25) is 5.02 Å². The van der Waals surface area contributed by atoms with Crippen molar-refractivity contribution in [3.8, 4) is 5.75 Å². The van der Waals surface area contributed by atoms with Crippen LogP contribution >= 0.6 is 11.6 Å². The van der Waals surface area contributed by atoms with Crippen LogP contribution < -0.4 is 15.4 Å². The topological polar surface area (TPSA) is 99.6 Å². The van der Waals surface area contributed by atoms with E-state index in [0.29, 0.717) is 46.3 Å². The van der Waals surface area contributed by atoms with Gasteiger partial charge in [-0.25, -0.2) is 9.97 Å². The van der Waals surface area contributed by atoms with Gasteiger partial charge in [0.2, 0.25) is 5.91 Å². The lowest BCUT2D eigenvalue weighted by Gasteiger charge is -2.19. The molecule has 0 saturated heterocycles. The lowest BCUT2D eigenvalue weighted by Crippen LogP contribution is -2.16. The highest BCUT2D eigenvalue weighted by Gasteiger charge is 2.16. The van der Waals surface area contributed by atoms with Crippen LogP contribution in [-0.2, 0) is 4.79 Å². The number of nitrogens with zero attached hydrogens (tertiary/aromatic N) is 3. The first-order valence-corrected chi connectivity index (χ1v) is 11.0. The molecular weight excluding hydrogens is 442 g/mol. The number of hydrogen-bond donors (Lipinski definition) is 3. The van der Waals surface area contributed by atoms with Crippen molar-refractivity contribution < 1.29 is 14.6 Å². The summed E-state index contributed by atoms with van der Waals surface area (Å²) in [4.78, 5) is 23.1. The second kappa shape index (κ2) is 11.6. The molecule has 1 unspecified atom stereocenters. The van der Waals surface area contributed by atoms with Crippen LogP contribution in [0.25, 0.3) is 10.9 Å². The Morgan fingerprint density at radius 3 is 2.67 bits per heavy atom. The Kier molecular flexibility index (Phi) is 8.59. The molecule has 0 spiro atoms. The average molecular weight is 470 g/mol. The zero-order chi connectivity index (χ0) is 23.8. The van der Waals surface area contributed by atoms with Crippen LogP contribution in [0.15, 0.2) is 54.9 Å². The van der Waals surface area contributed by atoms with E-state index in [1.54, 1.807) is 30.3 Å². The molecule has 2 aromatic carbocycles. The number of aliphatic hydroxyl groups is 1. The van der Waals surface area contributed by atoms with Gasteiger partial charge in [0.25, 0.3) is 0 Å². The predicted octanol–water partition coefficient (Wildman–Crippen LogP) is 3.88. The zero-order valence-corrected chi connectivity index (χ0v) is 19.6. The molecule has 3 rings (SSSR count). The number of rotatable bonds is 10. The summed E-state index contributed by atoms with van der Waals surface area (Å²) in [6, 6.07) is 10.4. The highest BCUT2D eigenvalue weighted by atomic mass is 35.5. The van der Waals surface area contributed by atoms with Crippen LogP contribution in [0.3, 0.4) is 0 Å². The molecule has 0 aliphatic heterocycles. The van der Waals surface area contributed by atoms with Gasteiger partial charge in [-0.15, -0.1) is 0 Å². The van der Waals surface area contributed by atoms with E-state index in [1.807, 2.05) is 38.1 Å². The Morgan fingerprint density at radius 2 is 2.00 bits per heavy atom. The van der Waals surface area contributed by atoms with E-state index in [4.69, 9.17) is 16.3 Å². The summed E-state index contributed by atoms with van der Waals surface area (Å²) < 4.78 is 5.73. The van der Waals surface area contributed by atoms with Crippen molar-refractivity contribution in [1.29, 1.82) is 0 Å². The number of nitrogens with one attached hydrogen (secondary N) is 2. The summed E-state index contributed by atoms with van der Waals surface area (Å²) in [5.41, 5.74) is 2.01. The van der Waals surface area contributed by atoms with Gasteiger partial charge in [0.05, 0.1) is 30.5 Å². The molecule has 1 heterocycles. The van der Waals surface area contributed by atoms with Gasteiger partial charge in [-0.3, -0.25) is 4.79 Å². The van der Waals surface area contributed by atoms with Crippen LogP contribution in [0, 0.1) is 0 Å². The normalized spacial score (nSPS) is 12.3. The maximum absolute atomic E-state index is 12.4. The fraction of sp³-hybridized carbons (Fsp3) is 0.292. The number of amides is 1. The number of fused-ring (bicyclic) bond motifs is 1. The highest BCUT2D eigenvalue weighted by molar-refractivity contribution is 6.30. The fourth-order valence-corrected chi connectivity index (χ4v) is 3.34. The Morgan fingerprint density at radius 1 is 1.24 bits per heavy atom. The van der Waals surface area contributed by atoms with Crippen LogP contribution in [0.4, 0.5) is 11.5 Å². The molecule has 0 aliphatic rings. The van der Waals surface area contributed by atoms with Crippen molar-refractivity contribution in [2.45, 2.75) is 13.0 Å². The first kappa shape index (κ1) is 24.4. The Hall–Kier alpha value is -3.20. The smallest absolute Gasteiger partial charge is 0.248 e. The summed E-state index contributed by atoms with van der Waals surface area (Å²) in [6.45, 7) is 2.81. The molecule has 1 aromatic heterocycles. The summed E-state index contributed by atoms with van der Waals surface area (Å²) in [6.07, 6.45) is 4.71. The molecule has 3 N–H and O–H groups in total. The largest absolute Gasteiger partial charge is 0.492 e. The Balaban J connectivity index is 1.94. The number of carbonyl (C=O) groups excluding carboxylic acids is 1. The minimum Gasteiger partial charge on any atom is -0.492 e. The second-order valence-electron chi connectivity index (χ2n) is 7.61. The van der Waals surface area contributed by atoms with E-state index in [9.17, 15) is 9.90 Å². The minimum atomic E-state index is -0.404. The molecule has 1 amide bonds. The van der Waals surface area contributed by atoms with E-state index < -0.39 is 6.04 Å². The van der Waals surface area contributed by atoms with Crippen molar-refractivity contribution in [3.63, 3.8) is 0 Å². The molecule has 8 nitrogen and oxygen atoms in total. The van der Waals surface area contributed by atoms with Gasteiger partial charge in [0, 0.05) is 29.1 Å². The van der Waals surface area contributed by atoms with Gasteiger partial charge in [0.15, 0.2) is 0 Å². The second-order valence-corrected chi connectivity index (χ2v) is 8.04. The first-order chi connectivity index (χ1) is 15.9. The Labute approximate surface area is 198 Å². The van der Waals surface area contributed by atoms with Crippen LogP contribution in [-0.4, -0.2) is 59.7 Å². The monoisotopic (exact) mass is 469 g/mol. The minimum absolute atomic E-state index is 0.148. The molecule has 0 aliphatic carbocycles. The number of benzene rings is 2. The number of anilines is 2. The summed E-state index contributed by atoms with van der Waals surface area (Å²) in [7, 11) is 3.86. The first-order valence-electron chi connectivity index (χ1n) is 10.6. The van der Waals surface area contributed by atoms with Crippen LogP contribution in [0.5, 0.6) is 5.75 Å². The number of likely N-dealkylation sites (N-methyl/N-ethyl adjacent to an activating group) is 1. The number of hydrogen-bond acceptors (Lipinski definition) is 7. The van der Waals surface area contributed by atoms with Crippen molar-refractivity contribution in [2.75, 3.05) is 44.5 Å². The average Bonchev–Trinajstić information content (AvgIpc) is 2.78. The van der Waals surface area contributed by atoms with E-state index in [1.165, 1.54) is 12.4 Å². The molecule has 0 fully saturated rings. The van der Waals surface area contributed by atoms with E-state index in [0.717, 1.165) is 5.56 Å². The van der Waals surface area contributed by atoms with Gasteiger partial charge in [-0.2, -0.15) is 0 Å². The summed E-state index contributed by atoms with van der Waals surface area (Å²) in [5, 5.41) is 17.4. The lowest BCUT2D eigenvalue weighted by molar-refractivity contribution is -0.111. The van der Waals surface area contributed by atoms with Gasteiger partial charge >= 0.3 is 0 Å². The summed E-state index contributed by atoms with van der Waals surface area (Å²) in [5.74, 6) is 0.772. The molecular formula is C24H28ClN5O3. The number of aliphatic hydroxyl groups excluding tert-OH is 1. The molecule has 0 radical (unpaired) electrons. The van der Waals surface area contributed by atoms with Crippen molar-refractivity contribution in [2.24, 2.45) is 0 Å². The maximum Gasteiger partial charge on any atom is 0.248 e. The number of ether oxygens (including phenoxy) is 1. The zero-order valence-electron chi connectivity index (χ0n) is 18.9.